The maximum atomic E-state index is 4.03. The molecule has 0 aliphatic heterocycles. The van der Waals surface area contributed by atoms with Gasteiger partial charge < -0.3 is 0 Å². The van der Waals surface area contributed by atoms with Crippen LogP contribution in [-0.2, 0) is 0 Å². The Morgan fingerprint density at radius 2 is 2.50 bits per heavy atom. The van der Waals surface area contributed by atoms with E-state index in [1.807, 2.05) is 13.0 Å². The van der Waals surface area contributed by atoms with Crippen LogP contribution in [0.25, 0.3) is 0 Å². The fourth-order valence-corrected chi connectivity index (χ4v) is 1.06. The molecule has 2 rings (SSSR count). The first-order chi connectivity index (χ1) is 5.88. The molecule has 0 aliphatic rings. The fraction of sp³-hybridized carbons (Fsp3) is 0.286. The molecule has 62 valence electrons. The van der Waals surface area contributed by atoms with E-state index in [2.05, 4.69) is 20.3 Å². The SMILES string of the molecule is C[C@@H](c1ccn[nH]1)n1cncn1. The number of nitrogens with one attached hydrogen (secondary N) is 1. The average Bonchev–Trinajstić information content (AvgIpc) is 2.77. The van der Waals surface area contributed by atoms with Crippen molar-refractivity contribution in [3.05, 3.63) is 30.6 Å². The van der Waals surface area contributed by atoms with Crippen LogP contribution in [0.15, 0.2) is 24.9 Å². The van der Waals surface area contributed by atoms with E-state index in [1.54, 1.807) is 17.2 Å². The molecule has 2 aromatic rings. The predicted molar refractivity (Wildman–Crippen MR) is 42.4 cm³/mol. The van der Waals surface area contributed by atoms with Gasteiger partial charge in [0.25, 0.3) is 0 Å². The van der Waals surface area contributed by atoms with Crippen molar-refractivity contribution in [1.82, 2.24) is 25.0 Å². The molecule has 0 saturated heterocycles. The van der Waals surface area contributed by atoms with E-state index in [4.69, 9.17) is 0 Å². The van der Waals surface area contributed by atoms with Gasteiger partial charge in [-0.15, -0.1) is 0 Å². The van der Waals surface area contributed by atoms with Gasteiger partial charge in [0.15, 0.2) is 0 Å². The number of rotatable bonds is 2. The van der Waals surface area contributed by atoms with E-state index in [1.165, 1.54) is 6.33 Å². The molecule has 0 spiro atoms. The molecule has 1 N–H and O–H groups in total. The standard InChI is InChI=1S/C7H9N5/c1-6(7-2-3-9-11-7)12-5-8-4-10-12/h2-6H,1H3,(H,9,11)/t6-/m0/s1. The van der Waals surface area contributed by atoms with E-state index >= 15 is 0 Å². The molecule has 5 nitrogen and oxygen atoms in total. The molecule has 1 atom stereocenters. The van der Waals surface area contributed by atoms with Crippen LogP contribution in [0.3, 0.4) is 0 Å². The average molecular weight is 163 g/mol. The third-order valence-electron chi connectivity index (χ3n) is 1.81. The molecular weight excluding hydrogens is 154 g/mol. The zero-order valence-electron chi connectivity index (χ0n) is 6.68. The molecule has 0 aliphatic carbocycles. The highest BCUT2D eigenvalue weighted by atomic mass is 15.3. The van der Waals surface area contributed by atoms with Gasteiger partial charge in [0.05, 0.1) is 11.7 Å². The van der Waals surface area contributed by atoms with E-state index in [9.17, 15) is 0 Å². The summed E-state index contributed by atoms with van der Waals surface area (Å²) in [5, 5.41) is 10.8. The lowest BCUT2D eigenvalue weighted by Crippen LogP contribution is -2.07. The molecule has 0 aromatic carbocycles. The van der Waals surface area contributed by atoms with Gasteiger partial charge in [0.1, 0.15) is 12.7 Å². The van der Waals surface area contributed by atoms with E-state index in [0.29, 0.717) is 0 Å². The molecule has 0 bridgehead atoms. The predicted octanol–water partition coefficient (Wildman–Crippen LogP) is 0.610. The van der Waals surface area contributed by atoms with E-state index in [0.717, 1.165) is 5.69 Å². The first kappa shape index (κ1) is 7.02. The molecule has 5 heteroatoms. The van der Waals surface area contributed by atoms with Crippen LogP contribution in [0.5, 0.6) is 0 Å². The highest BCUT2D eigenvalue weighted by molar-refractivity contribution is 5.03. The Bertz CT molecular complexity index is 288. The zero-order valence-corrected chi connectivity index (χ0v) is 6.68. The summed E-state index contributed by atoms with van der Waals surface area (Å²) in [5.41, 5.74) is 1.03. The van der Waals surface area contributed by atoms with Crippen molar-refractivity contribution in [3.8, 4) is 0 Å². The fourth-order valence-electron chi connectivity index (χ4n) is 1.06. The van der Waals surface area contributed by atoms with Crippen LogP contribution in [0.1, 0.15) is 18.7 Å². The first-order valence-electron chi connectivity index (χ1n) is 3.71. The highest BCUT2D eigenvalue weighted by Gasteiger charge is 2.07. The van der Waals surface area contributed by atoms with E-state index in [-0.39, 0.29) is 6.04 Å². The van der Waals surface area contributed by atoms with Crippen LogP contribution < -0.4 is 0 Å². The summed E-state index contributed by atoms with van der Waals surface area (Å²) in [6.07, 6.45) is 4.93. The Hall–Kier alpha value is -1.65. The van der Waals surface area contributed by atoms with Gasteiger partial charge in [-0.25, -0.2) is 9.67 Å². The monoisotopic (exact) mass is 163 g/mol. The van der Waals surface area contributed by atoms with Gasteiger partial charge in [-0.3, -0.25) is 5.10 Å². The van der Waals surface area contributed by atoms with Gasteiger partial charge in [-0.2, -0.15) is 10.2 Å². The maximum absolute atomic E-state index is 4.03. The van der Waals surface area contributed by atoms with Crippen molar-refractivity contribution < 1.29 is 0 Å². The minimum Gasteiger partial charge on any atom is -0.280 e. The topological polar surface area (TPSA) is 59.4 Å². The first-order valence-corrected chi connectivity index (χ1v) is 3.71. The molecule has 0 unspecified atom stereocenters. The summed E-state index contributed by atoms with van der Waals surface area (Å²) in [4.78, 5) is 3.87. The van der Waals surface area contributed by atoms with E-state index < -0.39 is 0 Å². The second kappa shape index (κ2) is 2.77. The quantitative estimate of drug-likeness (QED) is 0.705. The third-order valence-corrected chi connectivity index (χ3v) is 1.81. The summed E-state index contributed by atoms with van der Waals surface area (Å²) in [6, 6.07) is 2.08. The maximum Gasteiger partial charge on any atom is 0.137 e. The highest BCUT2D eigenvalue weighted by Crippen LogP contribution is 2.11. The van der Waals surface area contributed by atoms with Gasteiger partial charge >= 0.3 is 0 Å². The van der Waals surface area contributed by atoms with Crippen molar-refractivity contribution in [2.45, 2.75) is 13.0 Å². The Kier molecular flexibility index (Phi) is 1.62. The van der Waals surface area contributed by atoms with Crippen LogP contribution in [0.4, 0.5) is 0 Å². The Labute approximate surface area is 69.4 Å². The van der Waals surface area contributed by atoms with Crippen LogP contribution in [-0.4, -0.2) is 25.0 Å². The second-order valence-corrected chi connectivity index (χ2v) is 2.56. The summed E-state index contributed by atoms with van der Waals surface area (Å²) in [6.45, 7) is 2.03. The smallest absolute Gasteiger partial charge is 0.137 e. The van der Waals surface area contributed by atoms with Gasteiger partial charge in [0.2, 0.25) is 0 Å². The lowest BCUT2D eigenvalue weighted by atomic mass is 10.2. The lowest BCUT2D eigenvalue weighted by Gasteiger charge is -2.07. The minimum atomic E-state index is 0.162. The molecular formula is C7H9N5. The third kappa shape index (κ3) is 1.09. The van der Waals surface area contributed by atoms with Crippen molar-refractivity contribution >= 4 is 0 Å². The minimum absolute atomic E-state index is 0.162. The van der Waals surface area contributed by atoms with Crippen LogP contribution >= 0.6 is 0 Å². The summed E-state index contributed by atoms with van der Waals surface area (Å²) in [7, 11) is 0. The number of hydrogen-bond acceptors (Lipinski definition) is 3. The Morgan fingerprint density at radius 1 is 1.58 bits per heavy atom. The Morgan fingerprint density at radius 3 is 3.08 bits per heavy atom. The number of nitrogens with zero attached hydrogens (tertiary/aromatic N) is 4. The largest absolute Gasteiger partial charge is 0.280 e. The summed E-state index contributed by atoms with van der Waals surface area (Å²) >= 11 is 0. The molecule has 12 heavy (non-hydrogen) atoms. The zero-order chi connectivity index (χ0) is 8.39. The molecule has 0 fully saturated rings. The van der Waals surface area contributed by atoms with Crippen molar-refractivity contribution in [1.29, 1.82) is 0 Å². The second-order valence-electron chi connectivity index (χ2n) is 2.56. The summed E-state index contributed by atoms with van der Waals surface area (Å²) < 4.78 is 1.77. The molecule has 0 radical (unpaired) electrons. The normalized spacial score (nSPS) is 13.1. The molecule has 2 aromatic heterocycles. The number of H-pyrrole nitrogens is 1. The molecule has 0 saturated carbocycles. The van der Waals surface area contributed by atoms with Gasteiger partial charge in [-0.05, 0) is 13.0 Å². The number of aromatic amines is 1. The number of hydrogen-bond donors (Lipinski definition) is 1. The molecule has 0 amide bonds. The van der Waals surface area contributed by atoms with Crippen LogP contribution in [0, 0.1) is 0 Å². The van der Waals surface area contributed by atoms with Crippen LogP contribution in [0.2, 0.25) is 0 Å². The van der Waals surface area contributed by atoms with Crippen molar-refractivity contribution in [2.75, 3.05) is 0 Å². The summed E-state index contributed by atoms with van der Waals surface area (Å²) in [5.74, 6) is 0. The number of aromatic nitrogens is 5. The van der Waals surface area contributed by atoms with Gasteiger partial charge in [0, 0.05) is 6.20 Å². The molecule has 2 heterocycles. The Balaban J connectivity index is 2.27. The lowest BCUT2D eigenvalue weighted by molar-refractivity contribution is 0.548. The van der Waals surface area contributed by atoms with Crippen molar-refractivity contribution in [3.63, 3.8) is 0 Å². The van der Waals surface area contributed by atoms with Crippen molar-refractivity contribution in [2.24, 2.45) is 0 Å². The van der Waals surface area contributed by atoms with Gasteiger partial charge in [-0.1, -0.05) is 0 Å².